The first-order valence-electron chi connectivity index (χ1n) is 3.01. The monoisotopic (exact) mass is 170 g/mol. The average Bonchev–Trinajstić information content (AvgIpc) is 2.50. The second kappa shape index (κ2) is 3.04. The van der Waals surface area contributed by atoms with Crippen LogP contribution in [0.2, 0.25) is 0 Å². The summed E-state index contributed by atoms with van der Waals surface area (Å²) in [5, 5.41) is 8.51. The van der Waals surface area contributed by atoms with Gasteiger partial charge in [-0.2, -0.15) is 0 Å². The SMILES string of the molecule is COC(=O)c1[nH]cnc1C(=O)O. The summed E-state index contributed by atoms with van der Waals surface area (Å²) in [5.41, 5.74) is -0.480. The predicted octanol–water partition coefficient (Wildman–Crippen LogP) is -0.105. The number of carbonyl (C=O) groups is 2. The smallest absolute Gasteiger partial charge is 0.357 e. The van der Waals surface area contributed by atoms with Crippen molar-refractivity contribution in [2.24, 2.45) is 0 Å². The van der Waals surface area contributed by atoms with Gasteiger partial charge in [0, 0.05) is 0 Å². The van der Waals surface area contributed by atoms with E-state index in [0.29, 0.717) is 0 Å². The molecular weight excluding hydrogens is 164 g/mol. The first-order valence-corrected chi connectivity index (χ1v) is 3.01. The van der Waals surface area contributed by atoms with Gasteiger partial charge in [-0.15, -0.1) is 0 Å². The van der Waals surface area contributed by atoms with Gasteiger partial charge in [0.25, 0.3) is 0 Å². The number of hydrogen-bond donors (Lipinski definition) is 2. The Morgan fingerprint density at radius 3 is 2.83 bits per heavy atom. The van der Waals surface area contributed by atoms with Crippen molar-refractivity contribution in [3.63, 3.8) is 0 Å². The van der Waals surface area contributed by atoms with Crippen LogP contribution in [-0.2, 0) is 4.74 Å². The molecule has 1 rings (SSSR count). The fourth-order valence-electron chi connectivity index (χ4n) is 0.714. The van der Waals surface area contributed by atoms with E-state index in [9.17, 15) is 9.59 Å². The van der Waals surface area contributed by atoms with Crippen LogP contribution in [0.3, 0.4) is 0 Å². The highest BCUT2D eigenvalue weighted by molar-refractivity contribution is 5.99. The standard InChI is InChI=1S/C6H6N2O4/c1-12-6(11)4-3(5(9)10)7-2-8-4/h2H,1H3,(H,7,8)(H,9,10). The number of methoxy groups -OCH3 is 1. The maximum absolute atomic E-state index is 10.8. The fraction of sp³-hybridized carbons (Fsp3) is 0.167. The van der Waals surface area contributed by atoms with Crippen LogP contribution in [0.25, 0.3) is 0 Å². The second-order valence-electron chi connectivity index (χ2n) is 1.92. The van der Waals surface area contributed by atoms with E-state index in [4.69, 9.17) is 5.11 Å². The molecule has 64 valence electrons. The highest BCUT2D eigenvalue weighted by Crippen LogP contribution is 2.03. The number of carboxylic acids is 1. The summed E-state index contributed by atoms with van der Waals surface area (Å²) in [6, 6.07) is 0. The van der Waals surface area contributed by atoms with Crippen LogP contribution in [0.4, 0.5) is 0 Å². The molecular formula is C6H6N2O4. The van der Waals surface area contributed by atoms with Crippen LogP contribution in [0.15, 0.2) is 6.33 Å². The summed E-state index contributed by atoms with van der Waals surface area (Å²) in [4.78, 5) is 27.1. The zero-order chi connectivity index (χ0) is 9.14. The number of nitrogens with one attached hydrogen (secondary N) is 1. The second-order valence-corrected chi connectivity index (χ2v) is 1.92. The quantitative estimate of drug-likeness (QED) is 0.604. The number of rotatable bonds is 2. The Bertz CT molecular complexity index is 317. The Balaban J connectivity index is 3.07. The lowest BCUT2D eigenvalue weighted by Gasteiger charge is -1.94. The van der Waals surface area contributed by atoms with Crippen molar-refractivity contribution >= 4 is 11.9 Å². The zero-order valence-electron chi connectivity index (χ0n) is 6.20. The largest absolute Gasteiger partial charge is 0.476 e. The molecule has 0 aliphatic carbocycles. The van der Waals surface area contributed by atoms with E-state index in [1.54, 1.807) is 0 Å². The van der Waals surface area contributed by atoms with Gasteiger partial charge < -0.3 is 14.8 Å². The van der Waals surface area contributed by atoms with Gasteiger partial charge in [-0.05, 0) is 0 Å². The van der Waals surface area contributed by atoms with Gasteiger partial charge in [0.2, 0.25) is 0 Å². The van der Waals surface area contributed by atoms with E-state index in [1.807, 2.05) is 0 Å². The van der Waals surface area contributed by atoms with Gasteiger partial charge in [-0.25, -0.2) is 14.6 Å². The molecule has 0 saturated heterocycles. The summed E-state index contributed by atoms with van der Waals surface area (Å²) in [6.07, 6.45) is 1.12. The number of ether oxygens (including phenoxy) is 1. The molecule has 0 bridgehead atoms. The summed E-state index contributed by atoms with van der Waals surface area (Å²) >= 11 is 0. The number of imidazole rings is 1. The van der Waals surface area contributed by atoms with E-state index in [0.717, 1.165) is 13.4 Å². The molecule has 0 spiro atoms. The summed E-state index contributed by atoms with van der Waals surface area (Å²) in [7, 11) is 1.16. The van der Waals surface area contributed by atoms with Crippen LogP contribution in [0.5, 0.6) is 0 Å². The summed E-state index contributed by atoms with van der Waals surface area (Å²) < 4.78 is 4.31. The lowest BCUT2D eigenvalue weighted by molar-refractivity contribution is 0.0576. The average molecular weight is 170 g/mol. The molecule has 2 N–H and O–H groups in total. The van der Waals surface area contributed by atoms with Crippen molar-refractivity contribution in [1.82, 2.24) is 9.97 Å². The third-order valence-corrected chi connectivity index (χ3v) is 1.23. The van der Waals surface area contributed by atoms with Crippen LogP contribution >= 0.6 is 0 Å². The molecule has 0 aliphatic heterocycles. The topological polar surface area (TPSA) is 92.3 Å². The fourth-order valence-corrected chi connectivity index (χ4v) is 0.714. The van der Waals surface area contributed by atoms with Crippen molar-refractivity contribution in [3.05, 3.63) is 17.7 Å². The molecule has 1 aromatic rings. The Morgan fingerprint density at radius 1 is 1.67 bits per heavy atom. The van der Waals surface area contributed by atoms with Gasteiger partial charge in [0.05, 0.1) is 13.4 Å². The summed E-state index contributed by atoms with van der Waals surface area (Å²) in [6.45, 7) is 0. The van der Waals surface area contributed by atoms with E-state index < -0.39 is 11.9 Å². The highest BCUT2D eigenvalue weighted by Gasteiger charge is 2.19. The van der Waals surface area contributed by atoms with Crippen molar-refractivity contribution in [2.75, 3.05) is 7.11 Å². The molecule has 0 saturated carbocycles. The van der Waals surface area contributed by atoms with E-state index in [2.05, 4.69) is 14.7 Å². The van der Waals surface area contributed by atoms with Crippen molar-refractivity contribution in [1.29, 1.82) is 0 Å². The van der Waals surface area contributed by atoms with E-state index in [-0.39, 0.29) is 11.4 Å². The minimum absolute atomic E-state index is 0.148. The molecule has 0 aromatic carbocycles. The first-order chi connectivity index (χ1) is 5.66. The molecule has 0 unspecified atom stereocenters. The summed E-state index contributed by atoms with van der Waals surface area (Å²) in [5.74, 6) is -2.01. The lowest BCUT2D eigenvalue weighted by Crippen LogP contribution is -2.09. The van der Waals surface area contributed by atoms with Crippen LogP contribution in [-0.4, -0.2) is 34.1 Å². The van der Waals surface area contributed by atoms with Crippen LogP contribution in [0, 0.1) is 0 Å². The molecule has 6 nitrogen and oxygen atoms in total. The number of esters is 1. The lowest BCUT2D eigenvalue weighted by atomic mass is 10.3. The number of hydrogen-bond acceptors (Lipinski definition) is 4. The number of carbonyl (C=O) groups excluding carboxylic acids is 1. The molecule has 0 fully saturated rings. The zero-order valence-corrected chi connectivity index (χ0v) is 6.20. The van der Waals surface area contributed by atoms with Gasteiger partial charge in [-0.1, -0.05) is 0 Å². The Labute approximate surface area is 67.2 Å². The number of nitrogens with zero attached hydrogens (tertiary/aromatic N) is 1. The Morgan fingerprint density at radius 2 is 2.33 bits per heavy atom. The normalized spacial score (nSPS) is 9.42. The van der Waals surface area contributed by atoms with Gasteiger partial charge in [-0.3, -0.25) is 0 Å². The molecule has 12 heavy (non-hydrogen) atoms. The number of aromatic nitrogens is 2. The molecule has 0 atom stereocenters. The van der Waals surface area contributed by atoms with Crippen molar-refractivity contribution in [2.45, 2.75) is 0 Å². The maximum Gasteiger partial charge on any atom is 0.357 e. The minimum atomic E-state index is -1.27. The number of aromatic carboxylic acids is 1. The van der Waals surface area contributed by atoms with Crippen molar-refractivity contribution < 1.29 is 19.4 Å². The van der Waals surface area contributed by atoms with Gasteiger partial charge in [0.1, 0.15) is 0 Å². The van der Waals surface area contributed by atoms with Gasteiger partial charge in [0.15, 0.2) is 11.4 Å². The highest BCUT2D eigenvalue weighted by atomic mass is 16.5. The number of H-pyrrole nitrogens is 1. The van der Waals surface area contributed by atoms with Crippen LogP contribution in [0.1, 0.15) is 21.0 Å². The molecule has 1 heterocycles. The number of aromatic amines is 1. The molecule has 1 aromatic heterocycles. The minimum Gasteiger partial charge on any atom is -0.476 e. The Kier molecular flexibility index (Phi) is 2.09. The molecule has 6 heteroatoms. The van der Waals surface area contributed by atoms with Crippen molar-refractivity contribution in [3.8, 4) is 0 Å². The molecule has 0 amide bonds. The van der Waals surface area contributed by atoms with Gasteiger partial charge >= 0.3 is 11.9 Å². The maximum atomic E-state index is 10.8. The molecule has 0 radical (unpaired) electrons. The molecule has 0 aliphatic rings. The third kappa shape index (κ3) is 1.26. The first kappa shape index (κ1) is 8.25. The van der Waals surface area contributed by atoms with E-state index in [1.165, 1.54) is 0 Å². The Hall–Kier alpha value is -1.85. The number of carboxylic acid groups (broad SMARTS) is 1. The third-order valence-electron chi connectivity index (χ3n) is 1.23. The van der Waals surface area contributed by atoms with E-state index >= 15 is 0 Å². The van der Waals surface area contributed by atoms with Crippen LogP contribution < -0.4 is 0 Å². The predicted molar refractivity (Wildman–Crippen MR) is 36.9 cm³/mol.